The number of rotatable bonds is 8. The number of fused-ring (bicyclic) bond motifs is 1. The molecular formula is C19H22N2O5S. The van der Waals surface area contributed by atoms with E-state index in [4.69, 9.17) is 4.74 Å². The average molecular weight is 390 g/mol. The number of amides is 3. The van der Waals surface area contributed by atoms with Gasteiger partial charge in [-0.05, 0) is 44.1 Å². The summed E-state index contributed by atoms with van der Waals surface area (Å²) in [5.74, 6) is -1.48. The monoisotopic (exact) mass is 390 g/mol. The highest BCUT2D eigenvalue weighted by atomic mass is 32.2. The van der Waals surface area contributed by atoms with E-state index >= 15 is 0 Å². The third-order valence-electron chi connectivity index (χ3n) is 4.80. The van der Waals surface area contributed by atoms with E-state index in [0.717, 1.165) is 17.7 Å². The van der Waals surface area contributed by atoms with Crippen LogP contribution in [0.4, 0.5) is 0 Å². The molecule has 1 aliphatic heterocycles. The molecule has 2 atom stereocenters. The Morgan fingerprint density at radius 2 is 1.81 bits per heavy atom. The van der Waals surface area contributed by atoms with E-state index in [9.17, 15) is 19.2 Å². The molecule has 0 aromatic heterocycles. The number of imide groups is 1. The Morgan fingerprint density at radius 1 is 1.22 bits per heavy atom. The number of thioether (sulfide) groups is 1. The molecule has 0 unspecified atom stereocenters. The topological polar surface area (TPSA) is 92.8 Å². The molecule has 8 heteroatoms. The fourth-order valence-electron chi connectivity index (χ4n) is 3.14. The number of benzene rings is 1. The van der Waals surface area contributed by atoms with Gasteiger partial charge in [0, 0.05) is 11.8 Å². The SMILES string of the molecule is CSC[C@@H](C(=O)OCC(=O)N[C@H](C)C1CC1)N1C(=O)c2ccccc2C1=O. The molecule has 1 saturated carbocycles. The molecule has 1 N–H and O–H groups in total. The van der Waals surface area contributed by atoms with E-state index in [1.807, 2.05) is 6.92 Å². The number of hydrogen-bond acceptors (Lipinski definition) is 6. The minimum atomic E-state index is -1.07. The predicted octanol–water partition coefficient (Wildman–Crippen LogP) is 1.47. The molecule has 3 amide bonds. The van der Waals surface area contributed by atoms with E-state index < -0.39 is 30.4 Å². The molecule has 144 valence electrons. The second-order valence-corrected chi connectivity index (χ2v) is 7.71. The molecular weight excluding hydrogens is 368 g/mol. The second kappa shape index (κ2) is 8.12. The highest BCUT2D eigenvalue weighted by Crippen LogP contribution is 2.32. The van der Waals surface area contributed by atoms with Crippen LogP contribution in [0.1, 0.15) is 40.5 Å². The fourth-order valence-corrected chi connectivity index (χ4v) is 3.74. The van der Waals surface area contributed by atoms with E-state index in [0.29, 0.717) is 5.92 Å². The smallest absolute Gasteiger partial charge is 0.330 e. The molecule has 0 bridgehead atoms. The zero-order valence-electron chi connectivity index (χ0n) is 15.3. The normalized spacial score (nSPS) is 18.1. The van der Waals surface area contributed by atoms with Gasteiger partial charge in [-0.15, -0.1) is 0 Å². The van der Waals surface area contributed by atoms with Gasteiger partial charge in [-0.2, -0.15) is 11.8 Å². The Labute approximate surface area is 161 Å². The van der Waals surface area contributed by atoms with Gasteiger partial charge < -0.3 is 10.1 Å². The summed E-state index contributed by atoms with van der Waals surface area (Å²) in [7, 11) is 0. The van der Waals surface area contributed by atoms with Crippen LogP contribution < -0.4 is 5.32 Å². The van der Waals surface area contributed by atoms with Crippen LogP contribution in [-0.4, -0.2) is 59.3 Å². The Morgan fingerprint density at radius 3 is 2.33 bits per heavy atom. The highest BCUT2D eigenvalue weighted by Gasteiger charge is 2.43. The highest BCUT2D eigenvalue weighted by molar-refractivity contribution is 7.98. The van der Waals surface area contributed by atoms with Crippen molar-refractivity contribution in [1.29, 1.82) is 0 Å². The molecule has 1 heterocycles. The van der Waals surface area contributed by atoms with Gasteiger partial charge in [0.05, 0.1) is 11.1 Å². The van der Waals surface area contributed by atoms with Crippen molar-refractivity contribution in [3.8, 4) is 0 Å². The van der Waals surface area contributed by atoms with Gasteiger partial charge in [-0.25, -0.2) is 4.79 Å². The molecule has 1 aromatic rings. The Hall–Kier alpha value is -2.35. The predicted molar refractivity (Wildman–Crippen MR) is 100 cm³/mol. The van der Waals surface area contributed by atoms with Crippen LogP contribution >= 0.6 is 11.8 Å². The van der Waals surface area contributed by atoms with Crippen molar-refractivity contribution in [1.82, 2.24) is 10.2 Å². The summed E-state index contributed by atoms with van der Waals surface area (Å²) in [6.45, 7) is 1.50. The van der Waals surface area contributed by atoms with Crippen molar-refractivity contribution < 1.29 is 23.9 Å². The number of esters is 1. The Balaban J connectivity index is 1.64. The van der Waals surface area contributed by atoms with Crippen LogP contribution in [0, 0.1) is 5.92 Å². The fraction of sp³-hybridized carbons (Fsp3) is 0.474. The van der Waals surface area contributed by atoms with Crippen LogP contribution in [0.3, 0.4) is 0 Å². The lowest BCUT2D eigenvalue weighted by molar-refractivity contribution is -0.151. The van der Waals surface area contributed by atoms with E-state index in [-0.39, 0.29) is 28.8 Å². The first-order chi connectivity index (χ1) is 12.9. The lowest BCUT2D eigenvalue weighted by atomic mass is 10.1. The number of hydrogen-bond donors (Lipinski definition) is 1. The van der Waals surface area contributed by atoms with Gasteiger partial charge in [0.25, 0.3) is 17.7 Å². The van der Waals surface area contributed by atoms with E-state index in [2.05, 4.69) is 5.32 Å². The zero-order valence-corrected chi connectivity index (χ0v) is 16.1. The first-order valence-corrected chi connectivity index (χ1v) is 10.2. The van der Waals surface area contributed by atoms with Crippen molar-refractivity contribution in [2.24, 2.45) is 5.92 Å². The zero-order chi connectivity index (χ0) is 19.6. The van der Waals surface area contributed by atoms with Crippen LogP contribution in [0.5, 0.6) is 0 Å². The second-order valence-electron chi connectivity index (χ2n) is 6.80. The van der Waals surface area contributed by atoms with Crippen molar-refractivity contribution in [2.45, 2.75) is 31.8 Å². The third-order valence-corrected chi connectivity index (χ3v) is 5.45. The standard InChI is InChI=1S/C19H22N2O5S/c1-11(12-7-8-12)20-16(22)9-26-19(25)15(10-27-2)21-17(23)13-5-3-4-6-14(13)18(21)24/h3-6,11-12,15H,7-10H2,1-2H3,(H,20,22)/t11-,15+/m1/s1. The summed E-state index contributed by atoms with van der Waals surface area (Å²) in [6, 6.07) is 5.44. The number of carbonyl (C=O) groups is 4. The molecule has 1 aromatic carbocycles. The molecule has 3 rings (SSSR count). The molecule has 0 spiro atoms. The van der Waals surface area contributed by atoms with Crippen molar-refractivity contribution in [2.75, 3.05) is 18.6 Å². The number of nitrogens with zero attached hydrogens (tertiary/aromatic N) is 1. The van der Waals surface area contributed by atoms with Gasteiger partial charge in [-0.3, -0.25) is 19.3 Å². The van der Waals surface area contributed by atoms with Crippen LogP contribution in [0.15, 0.2) is 24.3 Å². The summed E-state index contributed by atoms with van der Waals surface area (Å²) in [6.07, 6.45) is 3.95. The van der Waals surface area contributed by atoms with Crippen LogP contribution in [0.25, 0.3) is 0 Å². The maximum absolute atomic E-state index is 12.6. The van der Waals surface area contributed by atoms with Crippen LogP contribution in [-0.2, 0) is 14.3 Å². The first-order valence-electron chi connectivity index (χ1n) is 8.86. The molecule has 1 fully saturated rings. The molecule has 0 radical (unpaired) electrons. The van der Waals surface area contributed by atoms with Crippen molar-refractivity contribution >= 4 is 35.5 Å². The number of ether oxygens (including phenoxy) is 1. The average Bonchev–Trinajstić information content (AvgIpc) is 3.47. The van der Waals surface area contributed by atoms with Gasteiger partial charge >= 0.3 is 5.97 Å². The first kappa shape index (κ1) is 19.4. The summed E-state index contributed by atoms with van der Waals surface area (Å²) in [4.78, 5) is 50.6. The van der Waals surface area contributed by atoms with Gasteiger partial charge in [-0.1, -0.05) is 12.1 Å². The molecule has 1 aliphatic carbocycles. The lowest BCUT2D eigenvalue weighted by Gasteiger charge is -2.24. The maximum Gasteiger partial charge on any atom is 0.330 e. The molecule has 7 nitrogen and oxygen atoms in total. The molecule has 2 aliphatic rings. The van der Waals surface area contributed by atoms with Gasteiger partial charge in [0.15, 0.2) is 6.61 Å². The quantitative estimate of drug-likeness (QED) is 0.534. The maximum atomic E-state index is 12.6. The van der Waals surface area contributed by atoms with Gasteiger partial charge in [0.2, 0.25) is 0 Å². The van der Waals surface area contributed by atoms with Crippen molar-refractivity contribution in [3.05, 3.63) is 35.4 Å². The Kier molecular flexibility index (Phi) is 5.84. The summed E-state index contributed by atoms with van der Waals surface area (Å²) in [5, 5.41) is 2.80. The van der Waals surface area contributed by atoms with E-state index in [1.165, 1.54) is 11.8 Å². The summed E-state index contributed by atoms with van der Waals surface area (Å²) >= 11 is 1.32. The van der Waals surface area contributed by atoms with Crippen LogP contribution in [0.2, 0.25) is 0 Å². The van der Waals surface area contributed by atoms with Gasteiger partial charge in [0.1, 0.15) is 6.04 Å². The number of carbonyl (C=O) groups excluding carboxylic acids is 4. The molecule has 27 heavy (non-hydrogen) atoms. The summed E-state index contributed by atoms with van der Waals surface area (Å²) in [5.41, 5.74) is 0.551. The Bertz CT molecular complexity index is 742. The largest absolute Gasteiger partial charge is 0.454 e. The van der Waals surface area contributed by atoms with Crippen molar-refractivity contribution in [3.63, 3.8) is 0 Å². The minimum absolute atomic E-state index is 0.0504. The minimum Gasteiger partial charge on any atom is -0.454 e. The summed E-state index contributed by atoms with van der Waals surface area (Å²) < 4.78 is 5.12. The van der Waals surface area contributed by atoms with E-state index in [1.54, 1.807) is 30.5 Å². The lowest BCUT2D eigenvalue weighted by Crippen LogP contribution is -2.48. The third kappa shape index (κ3) is 4.16. The number of nitrogens with one attached hydrogen (secondary N) is 1. The molecule has 0 saturated heterocycles.